The van der Waals surface area contributed by atoms with Crippen LogP contribution >= 0.6 is 0 Å². The standard InChI is InChI=1S/C37H29F9N2O3/c1-18-10-20(19(2)49)4-6-26(18)22-13-30(34(51-3)47-17-22)27-7-5-23(35(38,39)40)15-29(27)32-9-8-31-28(16-33(50)48(31)32)21-11-24(36(41,42)43)14-25(12-21)37(44,45)46/h4-7,10-15,17,28,31-32H,8-9,16H2,1-3H3/t28-,31+,32+/m1/s1. The number of ether oxygens (including phenoxy) is 1. The van der Waals surface area contributed by atoms with E-state index in [4.69, 9.17) is 4.74 Å². The maximum atomic E-state index is 14.1. The molecule has 2 fully saturated rings. The van der Waals surface area contributed by atoms with E-state index in [1.807, 2.05) is 0 Å². The van der Waals surface area contributed by atoms with Crippen molar-refractivity contribution in [3.8, 4) is 28.1 Å². The van der Waals surface area contributed by atoms with Crippen LogP contribution in [0.4, 0.5) is 39.5 Å². The fraction of sp³-hybridized carbons (Fsp3) is 0.324. The van der Waals surface area contributed by atoms with Crippen LogP contribution in [0.1, 0.15) is 81.9 Å². The van der Waals surface area contributed by atoms with E-state index in [2.05, 4.69) is 4.98 Å². The zero-order valence-electron chi connectivity index (χ0n) is 27.2. The Morgan fingerprint density at radius 2 is 1.41 bits per heavy atom. The summed E-state index contributed by atoms with van der Waals surface area (Å²) in [5.74, 6) is -1.76. The third-order valence-corrected chi connectivity index (χ3v) is 9.63. The molecule has 14 heteroatoms. The molecule has 0 saturated carbocycles. The van der Waals surface area contributed by atoms with E-state index in [1.165, 1.54) is 31.2 Å². The lowest BCUT2D eigenvalue weighted by molar-refractivity contribution is -0.143. The number of aromatic nitrogens is 1. The van der Waals surface area contributed by atoms with Crippen molar-refractivity contribution >= 4 is 11.7 Å². The van der Waals surface area contributed by atoms with Crippen LogP contribution in [0.15, 0.2) is 66.9 Å². The first-order valence-corrected chi connectivity index (χ1v) is 15.8. The second-order valence-electron chi connectivity index (χ2n) is 12.8. The Kier molecular flexibility index (Phi) is 8.96. The number of hydrogen-bond acceptors (Lipinski definition) is 4. The zero-order valence-corrected chi connectivity index (χ0v) is 27.2. The highest BCUT2D eigenvalue weighted by Crippen LogP contribution is 2.52. The summed E-state index contributed by atoms with van der Waals surface area (Å²) in [6, 6.07) is 9.08. The molecule has 2 aliphatic rings. The van der Waals surface area contributed by atoms with Crippen molar-refractivity contribution < 1.29 is 53.8 Å². The number of pyridine rings is 1. The number of amides is 1. The molecular formula is C37H29F9N2O3. The number of fused-ring (bicyclic) bond motifs is 1. The molecule has 2 aliphatic heterocycles. The van der Waals surface area contributed by atoms with Crippen molar-refractivity contribution in [3.63, 3.8) is 0 Å². The van der Waals surface area contributed by atoms with Crippen LogP contribution in [-0.2, 0) is 23.3 Å². The number of halogens is 9. The first-order valence-electron chi connectivity index (χ1n) is 15.8. The quantitative estimate of drug-likeness (QED) is 0.147. The summed E-state index contributed by atoms with van der Waals surface area (Å²) < 4.78 is 130. The molecule has 0 N–H and O–H groups in total. The Morgan fingerprint density at radius 3 is 1.98 bits per heavy atom. The van der Waals surface area contributed by atoms with E-state index in [0.29, 0.717) is 28.8 Å². The van der Waals surface area contributed by atoms with Crippen LogP contribution in [0.2, 0.25) is 0 Å². The number of Topliss-reactive ketones (excluding diaryl/α,β-unsaturated/α-hetero) is 1. The molecule has 268 valence electrons. The predicted octanol–water partition coefficient (Wildman–Crippen LogP) is 10.2. The van der Waals surface area contributed by atoms with Crippen molar-refractivity contribution in [2.75, 3.05) is 7.11 Å². The van der Waals surface area contributed by atoms with Gasteiger partial charge in [-0.1, -0.05) is 18.2 Å². The summed E-state index contributed by atoms with van der Waals surface area (Å²) in [6.07, 6.45) is -13.7. The van der Waals surface area contributed by atoms with Crippen LogP contribution < -0.4 is 4.74 Å². The largest absolute Gasteiger partial charge is 0.481 e. The van der Waals surface area contributed by atoms with Gasteiger partial charge in [-0.05, 0) is 97.0 Å². The second kappa shape index (κ2) is 12.7. The maximum absolute atomic E-state index is 14.1. The van der Waals surface area contributed by atoms with Gasteiger partial charge in [-0.15, -0.1) is 0 Å². The van der Waals surface area contributed by atoms with Gasteiger partial charge in [0, 0.05) is 41.3 Å². The maximum Gasteiger partial charge on any atom is 0.416 e. The van der Waals surface area contributed by atoms with Gasteiger partial charge in [-0.2, -0.15) is 39.5 Å². The highest BCUT2D eigenvalue weighted by molar-refractivity contribution is 5.95. The van der Waals surface area contributed by atoms with Gasteiger partial charge in [0.25, 0.3) is 0 Å². The average molecular weight is 721 g/mol. The Balaban J connectivity index is 1.46. The number of methoxy groups -OCH3 is 1. The Bertz CT molecular complexity index is 2000. The monoisotopic (exact) mass is 720 g/mol. The van der Waals surface area contributed by atoms with E-state index in [1.54, 1.807) is 31.2 Å². The lowest BCUT2D eigenvalue weighted by Gasteiger charge is -2.29. The lowest BCUT2D eigenvalue weighted by atomic mass is 9.87. The van der Waals surface area contributed by atoms with Gasteiger partial charge in [-0.25, -0.2) is 4.98 Å². The van der Waals surface area contributed by atoms with Gasteiger partial charge in [0.1, 0.15) is 0 Å². The normalized spacial score (nSPS) is 19.4. The molecule has 0 aliphatic carbocycles. The third kappa shape index (κ3) is 6.79. The fourth-order valence-corrected chi connectivity index (χ4v) is 7.28. The summed E-state index contributed by atoms with van der Waals surface area (Å²) in [6.45, 7) is 3.21. The Morgan fingerprint density at radius 1 is 0.784 bits per heavy atom. The molecule has 2 saturated heterocycles. The number of benzene rings is 3. The summed E-state index contributed by atoms with van der Waals surface area (Å²) in [7, 11) is 1.33. The highest BCUT2D eigenvalue weighted by atomic mass is 19.4. The average Bonchev–Trinajstić information content (AvgIpc) is 3.63. The van der Waals surface area contributed by atoms with Gasteiger partial charge in [0.15, 0.2) is 5.78 Å². The molecule has 3 atom stereocenters. The molecule has 3 aromatic carbocycles. The van der Waals surface area contributed by atoms with Crippen molar-refractivity contribution in [1.29, 1.82) is 0 Å². The molecule has 0 spiro atoms. The van der Waals surface area contributed by atoms with Gasteiger partial charge in [-0.3, -0.25) is 9.59 Å². The Hall–Kier alpha value is -4.88. The molecule has 0 bridgehead atoms. The third-order valence-electron chi connectivity index (χ3n) is 9.63. The van der Waals surface area contributed by atoms with E-state index in [9.17, 15) is 49.1 Å². The van der Waals surface area contributed by atoms with Gasteiger partial charge in [0.05, 0.1) is 29.8 Å². The fourth-order valence-electron chi connectivity index (χ4n) is 7.28. The smallest absolute Gasteiger partial charge is 0.416 e. The lowest BCUT2D eigenvalue weighted by Crippen LogP contribution is -2.31. The van der Waals surface area contributed by atoms with E-state index in [-0.39, 0.29) is 52.8 Å². The molecule has 1 aromatic heterocycles. The molecular weight excluding hydrogens is 691 g/mol. The molecule has 6 rings (SSSR count). The number of nitrogens with zero attached hydrogens (tertiary/aromatic N) is 2. The second-order valence-corrected chi connectivity index (χ2v) is 12.8. The van der Waals surface area contributed by atoms with Crippen LogP contribution in [0.3, 0.4) is 0 Å². The molecule has 51 heavy (non-hydrogen) atoms. The number of ketones is 1. The minimum Gasteiger partial charge on any atom is -0.481 e. The summed E-state index contributed by atoms with van der Waals surface area (Å²) in [4.78, 5) is 31.2. The first-order chi connectivity index (χ1) is 23.8. The molecule has 4 aromatic rings. The number of aryl methyl sites for hydroxylation is 1. The molecule has 0 unspecified atom stereocenters. The first kappa shape index (κ1) is 35.9. The number of carbonyl (C=O) groups excluding carboxylic acids is 2. The van der Waals surface area contributed by atoms with E-state index >= 15 is 0 Å². The number of rotatable bonds is 6. The summed E-state index contributed by atoms with van der Waals surface area (Å²) in [5.41, 5.74) is -1.33. The van der Waals surface area contributed by atoms with E-state index < -0.39 is 65.5 Å². The summed E-state index contributed by atoms with van der Waals surface area (Å²) >= 11 is 0. The van der Waals surface area contributed by atoms with E-state index in [0.717, 1.165) is 17.7 Å². The predicted molar refractivity (Wildman–Crippen MR) is 168 cm³/mol. The van der Waals surface area contributed by atoms with Crippen LogP contribution in [0.5, 0.6) is 5.88 Å². The number of hydrogen-bond donors (Lipinski definition) is 0. The summed E-state index contributed by atoms with van der Waals surface area (Å²) in [5, 5.41) is 0. The van der Waals surface area contributed by atoms with Gasteiger partial charge >= 0.3 is 18.5 Å². The van der Waals surface area contributed by atoms with Crippen molar-refractivity contribution in [3.05, 3.63) is 106 Å². The minimum atomic E-state index is -5.10. The van der Waals surface area contributed by atoms with Crippen LogP contribution in [0.25, 0.3) is 22.3 Å². The van der Waals surface area contributed by atoms with Crippen molar-refractivity contribution in [2.24, 2.45) is 0 Å². The molecule has 3 heterocycles. The van der Waals surface area contributed by atoms with Crippen LogP contribution in [-0.4, -0.2) is 34.7 Å². The van der Waals surface area contributed by atoms with Crippen molar-refractivity contribution in [1.82, 2.24) is 9.88 Å². The van der Waals surface area contributed by atoms with Crippen LogP contribution in [0, 0.1) is 6.92 Å². The number of carbonyl (C=O) groups is 2. The van der Waals surface area contributed by atoms with Gasteiger partial charge < -0.3 is 9.64 Å². The van der Waals surface area contributed by atoms with Gasteiger partial charge in [0.2, 0.25) is 11.8 Å². The SMILES string of the molecule is COc1ncc(-c2ccc(C(C)=O)cc2C)cc1-c1ccc(C(F)(F)F)cc1[C@@H]1CC[C@H]2[C@@H](c3cc(C(F)(F)F)cc(C(F)(F)F)c3)CC(=O)N12. The zero-order chi connectivity index (χ0) is 37.2. The van der Waals surface area contributed by atoms with Crippen molar-refractivity contribution in [2.45, 2.75) is 69.6 Å². The minimum absolute atomic E-state index is 0.0130. The number of alkyl halides is 9. The molecule has 0 radical (unpaired) electrons. The highest BCUT2D eigenvalue weighted by Gasteiger charge is 2.50. The topological polar surface area (TPSA) is 59.5 Å². The Labute approximate surface area is 286 Å². The molecule has 1 amide bonds. The molecule has 5 nitrogen and oxygen atoms in total.